The highest BCUT2D eigenvalue weighted by atomic mass is 32.2. The fraction of sp³-hybridized carbons (Fsp3) is 0.263. The second-order valence-electron chi connectivity index (χ2n) is 6.77. The van der Waals surface area contributed by atoms with Gasteiger partial charge in [0.05, 0.1) is 4.90 Å². The van der Waals surface area contributed by atoms with Gasteiger partial charge in [-0.05, 0) is 42.3 Å². The van der Waals surface area contributed by atoms with Gasteiger partial charge in [-0.1, -0.05) is 30.3 Å². The monoisotopic (exact) mass is 414 g/mol. The van der Waals surface area contributed by atoms with Crippen molar-refractivity contribution < 1.29 is 13.2 Å². The molecule has 10 heteroatoms. The Morgan fingerprint density at radius 1 is 1.10 bits per heavy atom. The Bertz CT molecular complexity index is 1150. The van der Waals surface area contributed by atoms with Gasteiger partial charge in [-0.25, -0.2) is 12.7 Å². The topological polar surface area (TPSA) is 110 Å². The lowest BCUT2D eigenvalue weighted by Gasteiger charge is -2.15. The van der Waals surface area contributed by atoms with Gasteiger partial charge >= 0.3 is 0 Å². The molecule has 0 fully saturated rings. The Hall–Kier alpha value is -3.11. The number of rotatable bonds is 6. The van der Waals surface area contributed by atoms with E-state index in [1.807, 2.05) is 31.2 Å². The zero-order valence-electron chi connectivity index (χ0n) is 16.6. The van der Waals surface area contributed by atoms with Gasteiger partial charge in [-0.3, -0.25) is 4.79 Å². The van der Waals surface area contributed by atoms with Crippen LogP contribution in [-0.2, 0) is 21.4 Å². The highest BCUT2D eigenvalue weighted by Crippen LogP contribution is 2.22. The maximum atomic E-state index is 12.4. The predicted molar refractivity (Wildman–Crippen MR) is 109 cm³/mol. The van der Waals surface area contributed by atoms with E-state index in [2.05, 4.69) is 20.7 Å². The molecule has 0 aliphatic carbocycles. The lowest BCUT2D eigenvalue weighted by molar-refractivity contribution is -0.117. The third-order valence-electron chi connectivity index (χ3n) is 4.35. The summed E-state index contributed by atoms with van der Waals surface area (Å²) in [5.74, 6) is 0.0430. The fourth-order valence-corrected chi connectivity index (χ4v) is 3.87. The molecule has 0 spiro atoms. The summed E-state index contributed by atoms with van der Waals surface area (Å²) < 4.78 is 26.0. The summed E-state index contributed by atoms with van der Waals surface area (Å²) in [5, 5.41) is 14.9. The van der Waals surface area contributed by atoms with Crippen molar-refractivity contribution in [3.05, 3.63) is 53.6 Å². The number of tetrazole rings is 1. The van der Waals surface area contributed by atoms with Crippen LogP contribution in [0.15, 0.2) is 47.4 Å². The largest absolute Gasteiger partial charge is 0.324 e. The standard InChI is InChI=1S/C19H22N6O3S/c1-13-7-5-6-8-16(13)19-21-23-25(22-19)12-18(26)20-15-10-9-14(2)17(11-15)29(27,28)24(3)4/h5-11H,12H2,1-4H3,(H,20,26). The Labute approximate surface area is 169 Å². The van der Waals surface area contributed by atoms with Gasteiger partial charge in [0.1, 0.15) is 6.54 Å². The van der Waals surface area contributed by atoms with Gasteiger partial charge in [0.15, 0.2) is 0 Å². The highest BCUT2D eigenvalue weighted by molar-refractivity contribution is 7.89. The quantitative estimate of drug-likeness (QED) is 0.659. The second-order valence-corrected chi connectivity index (χ2v) is 8.89. The molecule has 0 saturated heterocycles. The van der Waals surface area contributed by atoms with Crippen LogP contribution in [0, 0.1) is 13.8 Å². The van der Waals surface area contributed by atoms with Gasteiger partial charge in [0.2, 0.25) is 21.8 Å². The maximum absolute atomic E-state index is 12.4. The van der Waals surface area contributed by atoms with Gasteiger partial charge in [-0.15, -0.1) is 10.2 Å². The molecule has 0 aliphatic rings. The molecule has 0 saturated carbocycles. The Morgan fingerprint density at radius 2 is 1.83 bits per heavy atom. The molecule has 1 aromatic heterocycles. The van der Waals surface area contributed by atoms with E-state index in [1.165, 1.54) is 25.0 Å². The molecule has 1 heterocycles. The van der Waals surface area contributed by atoms with Crippen molar-refractivity contribution in [3.63, 3.8) is 0 Å². The smallest absolute Gasteiger partial charge is 0.248 e. The van der Waals surface area contributed by atoms with Crippen molar-refractivity contribution in [3.8, 4) is 11.4 Å². The van der Waals surface area contributed by atoms with Crippen LogP contribution in [0.5, 0.6) is 0 Å². The number of aromatic nitrogens is 4. The van der Waals surface area contributed by atoms with E-state index in [9.17, 15) is 13.2 Å². The number of sulfonamides is 1. The van der Waals surface area contributed by atoms with Gasteiger partial charge in [0, 0.05) is 25.3 Å². The van der Waals surface area contributed by atoms with Crippen LogP contribution in [0.2, 0.25) is 0 Å². The molecule has 29 heavy (non-hydrogen) atoms. The van der Waals surface area contributed by atoms with Crippen LogP contribution in [0.25, 0.3) is 11.4 Å². The zero-order valence-corrected chi connectivity index (χ0v) is 17.4. The van der Waals surface area contributed by atoms with Crippen molar-refractivity contribution in [2.75, 3.05) is 19.4 Å². The van der Waals surface area contributed by atoms with E-state index in [0.717, 1.165) is 15.4 Å². The van der Waals surface area contributed by atoms with Crippen molar-refractivity contribution >= 4 is 21.6 Å². The van der Waals surface area contributed by atoms with Crippen LogP contribution < -0.4 is 5.32 Å². The van der Waals surface area contributed by atoms with Crippen molar-refractivity contribution in [2.24, 2.45) is 0 Å². The molecule has 2 aromatic carbocycles. The van der Waals surface area contributed by atoms with Crippen molar-refractivity contribution in [1.82, 2.24) is 24.5 Å². The number of benzene rings is 2. The van der Waals surface area contributed by atoms with E-state index >= 15 is 0 Å². The zero-order chi connectivity index (χ0) is 21.2. The number of carbonyl (C=O) groups excluding carboxylic acids is 1. The van der Waals surface area contributed by atoms with Crippen LogP contribution in [0.1, 0.15) is 11.1 Å². The van der Waals surface area contributed by atoms with Crippen LogP contribution in [0.4, 0.5) is 5.69 Å². The van der Waals surface area contributed by atoms with E-state index in [4.69, 9.17) is 0 Å². The number of nitrogens with zero attached hydrogens (tertiary/aromatic N) is 5. The lowest BCUT2D eigenvalue weighted by Crippen LogP contribution is -2.24. The number of aryl methyl sites for hydroxylation is 2. The van der Waals surface area contributed by atoms with Gasteiger partial charge in [-0.2, -0.15) is 4.80 Å². The third kappa shape index (κ3) is 4.49. The number of hydrogen-bond acceptors (Lipinski definition) is 6. The van der Waals surface area contributed by atoms with Crippen molar-refractivity contribution in [2.45, 2.75) is 25.3 Å². The average Bonchev–Trinajstić information content (AvgIpc) is 3.11. The molecule has 3 aromatic rings. The van der Waals surface area contributed by atoms with Gasteiger partial charge < -0.3 is 5.32 Å². The molecule has 1 N–H and O–H groups in total. The normalized spacial score (nSPS) is 11.6. The molecule has 9 nitrogen and oxygen atoms in total. The van der Waals surface area contributed by atoms with Crippen molar-refractivity contribution in [1.29, 1.82) is 0 Å². The summed E-state index contributed by atoms with van der Waals surface area (Å²) in [6, 6.07) is 12.4. The number of anilines is 1. The SMILES string of the molecule is Cc1ccccc1-c1nnn(CC(=O)Nc2ccc(C)c(S(=O)(=O)N(C)C)c2)n1. The predicted octanol–water partition coefficient (Wildman–Crippen LogP) is 1.85. The maximum Gasteiger partial charge on any atom is 0.248 e. The minimum atomic E-state index is -3.61. The molecule has 0 aliphatic heterocycles. The first-order valence-electron chi connectivity index (χ1n) is 8.85. The lowest BCUT2D eigenvalue weighted by atomic mass is 10.1. The molecule has 0 bridgehead atoms. The molecule has 0 atom stereocenters. The summed E-state index contributed by atoms with van der Waals surface area (Å²) in [6.07, 6.45) is 0. The number of hydrogen-bond donors (Lipinski definition) is 1. The summed E-state index contributed by atoms with van der Waals surface area (Å²) >= 11 is 0. The molecule has 0 unspecified atom stereocenters. The van der Waals surface area contributed by atoms with Crippen LogP contribution >= 0.6 is 0 Å². The molecule has 0 radical (unpaired) electrons. The minimum Gasteiger partial charge on any atom is -0.324 e. The number of amides is 1. The highest BCUT2D eigenvalue weighted by Gasteiger charge is 2.20. The summed E-state index contributed by atoms with van der Waals surface area (Å²) in [7, 11) is -0.692. The average molecular weight is 414 g/mol. The number of carbonyl (C=O) groups is 1. The first-order valence-corrected chi connectivity index (χ1v) is 10.3. The Balaban J connectivity index is 1.75. The third-order valence-corrected chi connectivity index (χ3v) is 6.31. The van der Waals surface area contributed by atoms with Gasteiger partial charge in [0.25, 0.3) is 0 Å². The first kappa shape index (κ1) is 20.6. The van der Waals surface area contributed by atoms with E-state index in [0.29, 0.717) is 17.1 Å². The fourth-order valence-electron chi connectivity index (χ4n) is 2.72. The Kier molecular flexibility index (Phi) is 5.76. The van der Waals surface area contributed by atoms with E-state index in [1.54, 1.807) is 19.1 Å². The van der Waals surface area contributed by atoms with Crippen LogP contribution in [-0.4, -0.2) is 52.9 Å². The number of nitrogens with one attached hydrogen (secondary N) is 1. The summed E-state index contributed by atoms with van der Waals surface area (Å²) in [6.45, 7) is 3.50. The molecular weight excluding hydrogens is 392 g/mol. The summed E-state index contributed by atoms with van der Waals surface area (Å²) in [5.41, 5.74) is 2.82. The molecule has 3 rings (SSSR count). The first-order chi connectivity index (χ1) is 13.7. The molecule has 152 valence electrons. The Morgan fingerprint density at radius 3 is 2.52 bits per heavy atom. The van der Waals surface area contributed by atoms with E-state index < -0.39 is 15.9 Å². The molecular formula is C19H22N6O3S. The summed E-state index contributed by atoms with van der Waals surface area (Å²) in [4.78, 5) is 13.7. The van der Waals surface area contributed by atoms with Crippen LogP contribution in [0.3, 0.4) is 0 Å². The minimum absolute atomic E-state index is 0.140. The molecule has 1 amide bonds. The second kappa shape index (κ2) is 8.10. The van der Waals surface area contributed by atoms with E-state index in [-0.39, 0.29) is 11.4 Å².